The molecule has 8 heteroatoms. The molecule has 2 aliphatic rings. The van der Waals surface area contributed by atoms with Crippen LogP contribution in [0, 0.1) is 0 Å². The third-order valence-corrected chi connectivity index (χ3v) is 6.50. The molecule has 3 aromatic rings. The first-order valence-electron chi connectivity index (χ1n) is 10.3. The van der Waals surface area contributed by atoms with Gasteiger partial charge in [0.25, 0.3) is 0 Å². The smallest absolute Gasteiger partial charge is 0.418 e. The van der Waals surface area contributed by atoms with Gasteiger partial charge in [-0.25, -0.2) is 9.69 Å². The monoisotopic (exact) mass is 439 g/mol. The Hall–Kier alpha value is -3.19. The second-order valence-corrected chi connectivity index (χ2v) is 8.37. The largest absolute Gasteiger partial charge is 0.487 e. The summed E-state index contributed by atoms with van der Waals surface area (Å²) in [6.45, 7) is 1.50. The van der Waals surface area contributed by atoms with Gasteiger partial charge in [-0.3, -0.25) is 0 Å². The molecular weight excluding hydrogens is 418 g/mol. The third-order valence-electron chi connectivity index (χ3n) is 6.14. The number of para-hydroxylation sites is 1. The van der Waals surface area contributed by atoms with Crippen LogP contribution < -0.4 is 14.5 Å². The number of piperidine rings is 1. The van der Waals surface area contributed by atoms with E-state index >= 15 is 0 Å². The molecule has 7 nitrogen and oxygen atoms in total. The number of hydrogen-bond acceptors (Lipinski definition) is 5. The Labute approximate surface area is 184 Å². The van der Waals surface area contributed by atoms with Crippen molar-refractivity contribution in [3.63, 3.8) is 0 Å². The molecule has 160 valence electrons. The minimum absolute atomic E-state index is 0.173. The second-order valence-electron chi connectivity index (χ2n) is 7.97. The number of aromatic nitrogens is 1. The van der Waals surface area contributed by atoms with Gasteiger partial charge in [-0.05, 0) is 37.1 Å². The number of fused-ring (bicyclic) bond motifs is 1. The summed E-state index contributed by atoms with van der Waals surface area (Å²) < 4.78 is 11.8. The third kappa shape index (κ3) is 3.70. The summed E-state index contributed by atoms with van der Waals surface area (Å²) in [6.07, 6.45) is 2.42. The van der Waals surface area contributed by atoms with E-state index in [0.29, 0.717) is 11.5 Å². The van der Waals surface area contributed by atoms with Crippen LogP contribution >= 0.6 is 11.6 Å². The molecule has 0 unspecified atom stereocenters. The molecule has 3 heterocycles. The van der Waals surface area contributed by atoms with Crippen LogP contribution in [0.2, 0.25) is 5.02 Å². The SMILES string of the molecule is O=C(O)N(c1ccccc1)c1cc(N2CCC3(CCc4c(Cl)cccc4O3)CC2)no1. The number of ether oxygens (including phenoxy) is 1. The summed E-state index contributed by atoms with van der Waals surface area (Å²) in [4.78, 5) is 15.0. The van der Waals surface area contributed by atoms with E-state index < -0.39 is 6.09 Å². The van der Waals surface area contributed by atoms with Crippen molar-refractivity contribution in [1.29, 1.82) is 0 Å². The van der Waals surface area contributed by atoms with E-state index in [0.717, 1.165) is 60.0 Å². The van der Waals surface area contributed by atoms with Gasteiger partial charge < -0.3 is 19.3 Å². The lowest BCUT2D eigenvalue weighted by atomic mass is 9.83. The Morgan fingerprint density at radius 3 is 2.61 bits per heavy atom. The van der Waals surface area contributed by atoms with Crippen LogP contribution in [0.1, 0.15) is 24.8 Å². The minimum atomic E-state index is -1.13. The highest BCUT2D eigenvalue weighted by Crippen LogP contribution is 2.42. The average molecular weight is 440 g/mol. The van der Waals surface area contributed by atoms with E-state index in [4.69, 9.17) is 20.9 Å². The van der Waals surface area contributed by atoms with Gasteiger partial charge in [-0.15, -0.1) is 0 Å². The van der Waals surface area contributed by atoms with E-state index in [2.05, 4.69) is 10.1 Å². The van der Waals surface area contributed by atoms with E-state index in [1.165, 1.54) is 0 Å². The van der Waals surface area contributed by atoms with Gasteiger partial charge in [-0.1, -0.05) is 41.0 Å². The van der Waals surface area contributed by atoms with Crippen LogP contribution in [-0.4, -0.2) is 35.0 Å². The van der Waals surface area contributed by atoms with Crippen LogP contribution in [-0.2, 0) is 6.42 Å². The predicted octanol–water partition coefficient (Wildman–Crippen LogP) is 5.51. The topological polar surface area (TPSA) is 79.0 Å². The maximum atomic E-state index is 11.8. The Kier molecular flexibility index (Phi) is 4.98. The second kappa shape index (κ2) is 7.81. The van der Waals surface area contributed by atoms with Gasteiger partial charge in [0.2, 0.25) is 5.88 Å². The van der Waals surface area contributed by atoms with Crippen molar-refractivity contribution >= 4 is 35.1 Å². The highest BCUT2D eigenvalue weighted by Gasteiger charge is 2.40. The number of halogens is 1. The number of anilines is 3. The summed E-state index contributed by atoms with van der Waals surface area (Å²) in [5, 5.41) is 14.6. The maximum absolute atomic E-state index is 11.8. The number of carboxylic acid groups (broad SMARTS) is 1. The minimum Gasteiger partial charge on any atom is -0.487 e. The van der Waals surface area contributed by atoms with E-state index in [-0.39, 0.29) is 11.5 Å². The summed E-state index contributed by atoms with van der Waals surface area (Å²) in [6, 6.07) is 16.3. The quantitative estimate of drug-likeness (QED) is 0.579. The molecular formula is C23H22ClN3O4. The van der Waals surface area contributed by atoms with Crippen LogP contribution in [0.25, 0.3) is 0 Å². The first-order chi connectivity index (χ1) is 15.0. The van der Waals surface area contributed by atoms with Crippen molar-refractivity contribution in [1.82, 2.24) is 5.16 Å². The van der Waals surface area contributed by atoms with Crippen molar-refractivity contribution in [2.24, 2.45) is 0 Å². The standard InChI is InChI=1S/C23H22ClN3O4/c24-18-7-4-8-19-17(18)9-10-23(30-19)11-13-26(14-12-23)20-15-21(31-25-20)27(22(28)29)16-5-2-1-3-6-16/h1-8,15H,9-14H2,(H,28,29). The predicted molar refractivity (Wildman–Crippen MR) is 118 cm³/mol. The molecule has 31 heavy (non-hydrogen) atoms. The molecule has 2 aromatic carbocycles. The maximum Gasteiger partial charge on any atom is 0.418 e. The first-order valence-corrected chi connectivity index (χ1v) is 10.7. The van der Waals surface area contributed by atoms with Crippen LogP contribution in [0.4, 0.5) is 22.2 Å². The van der Waals surface area contributed by atoms with Gasteiger partial charge >= 0.3 is 6.09 Å². The molecule has 1 saturated heterocycles. The number of amides is 1. The lowest BCUT2D eigenvalue weighted by molar-refractivity contribution is 0.0224. The van der Waals surface area contributed by atoms with E-state index in [9.17, 15) is 9.90 Å². The van der Waals surface area contributed by atoms with E-state index in [1.807, 2.05) is 24.3 Å². The number of nitrogens with zero attached hydrogens (tertiary/aromatic N) is 3. The van der Waals surface area contributed by atoms with Crippen molar-refractivity contribution in [3.05, 3.63) is 65.2 Å². The highest BCUT2D eigenvalue weighted by molar-refractivity contribution is 6.31. The zero-order valence-electron chi connectivity index (χ0n) is 16.8. The van der Waals surface area contributed by atoms with Crippen LogP contribution in [0.15, 0.2) is 59.1 Å². The molecule has 1 N–H and O–H groups in total. The number of carbonyl (C=O) groups is 1. The molecule has 1 spiro atoms. The zero-order valence-corrected chi connectivity index (χ0v) is 17.6. The molecule has 0 saturated carbocycles. The van der Waals surface area contributed by atoms with Gasteiger partial charge in [-0.2, -0.15) is 0 Å². The van der Waals surface area contributed by atoms with Crippen LogP contribution in [0.5, 0.6) is 5.75 Å². The normalized spacial score (nSPS) is 17.1. The van der Waals surface area contributed by atoms with Gasteiger partial charge in [0, 0.05) is 42.6 Å². The molecule has 1 fully saturated rings. The van der Waals surface area contributed by atoms with Gasteiger partial charge in [0.1, 0.15) is 11.4 Å². The fourth-order valence-electron chi connectivity index (χ4n) is 4.43. The fourth-order valence-corrected chi connectivity index (χ4v) is 4.69. The van der Waals surface area contributed by atoms with E-state index in [1.54, 1.807) is 30.3 Å². The molecule has 2 aliphatic heterocycles. The summed E-state index contributed by atoms with van der Waals surface area (Å²) >= 11 is 6.31. The Bertz CT molecular complexity index is 1090. The summed E-state index contributed by atoms with van der Waals surface area (Å²) in [5.41, 5.74) is 1.40. The van der Waals surface area contributed by atoms with Gasteiger partial charge in [0.05, 0.1) is 5.69 Å². The molecule has 0 radical (unpaired) electrons. The van der Waals surface area contributed by atoms with Crippen molar-refractivity contribution < 1.29 is 19.2 Å². The highest BCUT2D eigenvalue weighted by atomic mass is 35.5. The van der Waals surface area contributed by atoms with Crippen molar-refractivity contribution in [2.45, 2.75) is 31.3 Å². The molecule has 0 bridgehead atoms. The zero-order chi connectivity index (χ0) is 21.4. The Balaban J connectivity index is 1.30. The number of rotatable bonds is 3. The number of hydrogen-bond donors (Lipinski definition) is 1. The molecule has 5 rings (SSSR count). The first kappa shape index (κ1) is 19.8. The number of benzene rings is 2. The Morgan fingerprint density at radius 2 is 1.87 bits per heavy atom. The summed E-state index contributed by atoms with van der Waals surface area (Å²) in [7, 11) is 0. The average Bonchev–Trinajstić information content (AvgIpc) is 3.24. The van der Waals surface area contributed by atoms with Gasteiger partial charge in [0.15, 0.2) is 5.82 Å². The molecule has 0 atom stereocenters. The molecule has 1 aromatic heterocycles. The van der Waals surface area contributed by atoms with Crippen molar-refractivity contribution in [3.8, 4) is 5.75 Å². The molecule has 0 aliphatic carbocycles. The molecule has 1 amide bonds. The Morgan fingerprint density at radius 1 is 1.10 bits per heavy atom. The van der Waals surface area contributed by atoms with Crippen molar-refractivity contribution in [2.75, 3.05) is 22.9 Å². The lowest BCUT2D eigenvalue weighted by Gasteiger charge is -2.44. The lowest BCUT2D eigenvalue weighted by Crippen LogP contribution is -2.50. The summed E-state index contributed by atoms with van der Waals surface area (Å²) in [5.74, 6) is 1.69. The fraction of sp³-hybridized carbons (Fsp3) is 0.304. The van der Waals surface area contributed by atoms with Crippen LogP contribution in [0.3, 0.4) is 0 Å².